The summed E-state index contributed by atoms with van der Waals surface area (Å²) in [6.07, 6.45) is -4.56. The highest BCUT2D eigenvalue weighted by Crippen LogP contribution is 2.39. The molecule has 3 aromatic rings. The number of benzene rings is 3. The second-order valence-electron chi connectivity index (χ2n) is 6.36. The maximum Gasteiger partial charge on any atom is 0.416 e. The number of hydrogen-bond donors (Lipinski definition) is 2. The number of ketones is 1. The van der Waals surface area contributed by atoms with Crippen LogP contribution in [0.15, 0.2) is 60.7 Å². The van der Waals surface area contributed by atoms with Crippen molar-refractivity contribution in [2.24, 2.45) is 0 Å². The fraction of sp³-hybridized carbons (Fsp3) is 0.0476. The van der Waals surface area contributed by atoms with Crippen LogP contribution in [0.2, 0.25) is 0 Å². The molecule has 0 fully saturated rings. The molecule has 0 saturated carbocycles. The molecule has 0 saturated heterocycles. The van der Waals surface area contributed by atoms with Gasteiger partial charge in [0, 0.05) is 22.3 Å². The highest BCUT2D eigenvalue weighted by Gasteiger charge is 2.32. The molecule has 1 aliphatic carbocycles. The van der Waals surface area contributed by atoms with Crippen LogP contribution in [0.5, 0.6) is 0 Å². The van der Waals surface area contributed by atoms with Crippen LogP contribution in [0.3, 0.4) is 0 Å². The number of alkyl halides is 3. The van der Waals surface area contributed by atoms with Crippen LogP contribution < -0.4 is 11.1 Å². The summed E-state index contributed by atoms with van der Waals surface area (Å²) in [7, 11) is 0. The molecule has 0 radical (unpaired) electrons. The van der Waals surface area contributed by atoms with E-state index in [0.29, 0.717) is 22.3 Å². The van der Waals surface area contributed by atoms with Crippen LogP contribution in [0.4, 0.5) is 24.5 Å². The summed E-state index contributed by atoms with van der Waals surface area (Å²) in [5, 5.41) is 2.44. The number of nitrogen functional groups attached to an aromatic ring is 1. The number of nitrogens with one attached hydrogen (secondary N) is 1. The van der Waals surface area contributed by atoms with Crippen LogP contribution in [0, 0.1) is 0 Å². The lowest BCUT2D eigenvalue weighted by molar-refractivity contribution is -0.137. The topological polar surface area (TPSA) is 72.2 Å². The number of fused-ring (bicyclic) bond motifs is 3. The van der Waals surface area contributed by atoms with Gasteiger partial charge in [-0.1, -0.05) is 36.4 Å². The first-order valence-electron chi connectivity index (χ1n) is 8.32. The Kier molecular flexibility index (Phi) is 3.96. The molecule has 3 aromatic carbocycles. The van der Waals surface area contributed by atoms with Crippen molar-refractivity contribution in [1.29, 1.82) is 0 Å². The average molecular weight is 382 g/mol. The quantitative estimate of drug-likeness (QED) is 0.492. The first kappa shape index (κ1) is 17.8. The van der Waals surface area contributed by atoms with Gasteiger partial charge in [0.2, 0.25) is 0 Å². The first-order valence-corrected chi connectivity index (χ1v) is 8.32. The summed E-state index contributed by atoms with van der Waals surface area (Å²) in [5.41, 5.74) is 6.81. The molecule has 4 nitrogen and oxygen atoms in total. The van der Waals surface area contributed by atoms with E-state index in [4.69, 9.17) is 5.73 Å². The van der Waals surface area contributed by atoms with E-state index in [1.54, 1.807) is 36.4 Å². The van der Waals surface area contributed by atoms with Gasteiger partial charge in [0.15, 0.2) is 5.78 Å². The summed E-state index contributed by atoms with van der Waals surface area (Å²) in [6.45, 7) is 0. The first-order chi connectivity index (χ1) is 13.3. The Morgan fingerprint density at radius 3 is 2.29 bits per heavy atom. The van der Waals surface area contributed by atoms with Crippen LogP contribution >= 0.6 is 0 Å². The Hall–Kier alpha value is -3.61. The van der Waals surface area contributed by atoms with Crippen molar-refractivity contribution < 1.29 is 22.8 Å². The predicted molar refractivity (Wildman–Crippen MR) is 99.1 cm³/mol. The molecule has 0 aromatic heterocycles. The third-order valence-electron chi connectivity index (χ3n) is 4.62. The van der Waals surface area contributed by atoms with Crippen molar-refractivity contribution in [2.45, 2.75) is 6.18 Å². The lowest BCUT2D eigenvalue weighted by atomic mass is 9.99. The maximum atomic E-state index is 13.0. The minimum atomic E-state index is -4.56. The summed E-state index contributed by atoms with van der Waals surface area (Å²) in [4.78, 5) is 25.4. The monoisotopic (exact) mass is 382 g/mol. The fourth-order valence-electron chi connectivity index (χ4n) is 3.30. The molecule has 140 valence electrons. The smallest absolute Gasteiger partial charge is 0.397 e. The number of carbonyl (C=O) groups excluding carboxylic acids is 2. The normalized spacial score (nSPS) is 12.5. The summed E-state index contributed by atoms with van der Waals surface area (Å²) >= 11 is 0. The van der Waals surface area contributed by atoms with Crippen LogP contribution in [0.25, 0.3) is 11.1 Å². The van der Waals surface area contributed by atoms with Gasteiger partial charge in [-0.3, -0.25) is 9.59 Å². The van der Waals surface area contributed by atoms with E-state index in [9.17, 15) is 22.8 Å². The van der Waals surface area contributed by atoms with E-state index in [1.165, 1.54) is 6.07 Å². The van der Waals surface area contributed by atoms with Gasteiger partial charge < -0.3 is 11.1 Å². The number of halogens is 3. The van der Waals surface area contributed by atoms with E-state index in [1.807, 2.05) is 0 Å². The summed E-state index contributed by atoms with van der Waals surface area (Å²) < 4.78 is 38.9. The van der Waals surface area contributed by atoms with Crippen molar-refractivity contribution in [2.75, 3.05) is 11.1 Å². The second kappa shape index (κ2) is 6.23. The van der Waals surface area contributed by atoms with Crippen molar-refractivity contribution in [1.82, 2.24) is 0 Å². The second-order valence-corrected chi connectivity index (χ2v) is 6.36. The van der Waals surface area contributed by atoms with E-state index in [-0.39, 0.29) is 22.7 Å². The molecule has 0 bridgehead atoms. The minimum absolute atomic E-state index is 0.00500. The summed E-state index contributed by atoms with van der Waals surface area (Å²) in [6, 6.07) is 14.3. The molecule has 0 atom stereocenters. The Morgan fingerprint density at radius 2 is 1.57 bits per heavy atom. The van der Waals surface area contributed by atoms with Gasteiger partial charge in [-0.25, -0.2) is 0 Å². The standard InChI is InChI=1S/C21H13F3N2O2/c22-21(23,24)11-8-9-16(25)17(10-11)26-20(28)15-7-3-6-14-18(15)12-4-1-2-5-13(12)19(14)27/h1-10H,25H2,(H,26,28). The Labute approximate surface area is 157 Å². The predicted octanol–water partition coefficient (Wildman–Crippen LogP) is 4.75. The zero-order valence-electron chi connectivity index (χ0n) is 14.3. The van der Waals surface area contributed by atoms with E-state index in [2.05, 4.69) is 5.32 Å². The molecule has 3 N–H and O–H groups in total. The number of nitrogens with two attached hydrogens (primary N) is 1. The summed E-state index contributed by atoms with van der Waals surface area (Å²) in [5.74, 6) is -0.841. The van der Waals surface area contributed by atoms with Gasteiger partial charge in [0.1, 0.15) is 0 Å². The van der Waals surface area contributed by atoms with Crippen molar-refractivity contribution in [3.05, 3.63) is 82.9 Å². The van der Waals surface area contributed by atoms with Gasteiger partial charge in [-0.2, -0.15) is 13.2 Å². The zero-order valence-corrected chi connectivity index (χ0v) is 14.3. The third-order valence-corrected chi connectivity index (χ3v) is 4.62. The van der Waals surface area contributed by atoms with Gasteiger partial charge in [-0.05, 0) is 29.8 Å². The van der Waals surface area contributed by atoms with E-state index < -0.39 is 17.6 Å². The number of anilines is 2. The Bertz CT molecular complexity index is 1140. The van der Waals surface area contributed by atoms with Gasteiger partial charge >= 0.3 is 6.18 Å². The molecule has 4 rings (SSSR count). The Balaban J connectivity index is 1.76. The number of hydrogen-bond acceptors (Lipinski definition) is 3. The van der Waals surface area contributed by atoms with E-state index >= 15 is 0 Å². The third kappa shape index (κ3) is 2.81. The van der Waals surface area contributed by atoms with Crippen LogP contribution in [-0.4, -0.2) is 11.7 Å². The lowest BCUT2D eigenvalue weighted by Gasteiger charge is -2.14. The fourth-order valence-corrected chi connectivity index (χ4v) is 3.30. The zero-order chi connectivity index (χ0) is 20.1. The molecule has 1 aliphatic rings. The molecule has 7 heteroatoms. The number of carbonyl (C=O) groups is 2. The number of amides is 1. The number of rotatable bonds is 2. The lowest BCUT2D eigenvalue weighted by Crippen LogP contribution is -2.16. The van der Waals surface area contributed by atoms with Crippen molar-refractivity contribution in [3.63, 3.8) is 0 Å². The van der Waals surface area contributed by atoms with E-state index in [0.717, 1.165) is 18.2 Å². The van der Waals surface area contributed by atoms with Crippen molar-refractivity contribution >= 4 is 23.1 Å². The van der Waals surface area contributed by atoms with Crippen LogP contribution in [-0.2, 0) is 6.18 Å². The largest absolute Gasteiger partial charge is 0.416 e. The molecular formula is C21H13F3N2O2. The molecular weight excluding hydrogens is 369 g/mol. The highest BCUT2D eigenvalue weighted by molar-refractivity contribution is 6.25. The SMILES string of the molecule is Nc1ccc(C(F)(F)F)cc1NC(=O)c1cccc2c1-c1ccccc1C2=O. The van der Waals surface area contributed by atoms with Gasteiger partial charge in [-0.15, -0.1) is 0 Å². The average Bonchev–Trinajstić information content (AvgIpc) is 2.96. The molecule has 0 aliphatic heterocycles. The van der Waals surface area contributed by atoms with Crippen LogP contribution in [0.1, 0.15) is 31.8 Å². The molecule has 0 heterocycles. The van der Waals surface area contributed by atoms with Gasteiger partial charge in [0.25, 0.3) is 5.91 Å². The van der Waals surface area contributed by atoms with Crippen molar-refractivity contribution in [3.8, 4) is 11.1 Å². The van der Waals surface area contributed by atoms with Gasteiger partial charge in [0.05, 0.1) is 16.9 Å². The molecule has 0 spiro atoms. The molecule has 28 heavy (non-hydrogen) atoms. The highest BCUT2D eigenvalue weighted by atomic mass is 19.4. The molecule has 1 amide bonds. The minimum Gasteiger partial charge on any atom is -0.397 e. The molecule has 0 unspecified atom stereocenters. The Morgan fingerprint density at radius 1 is 0.893 bits per heavy atom. The maximum absolute atomic E-state index is 13.0.